The van der Waals surface area contributed by atoms with Gasteiger partial charge in [0.05, 0.1) is 20.1 Å². The highest BCUT2D eigenvalue weighted by atomic mass is 32.1. The van der Waals surface area contributed by atoms with Crippen molar-refractivity contribution in [3.63, 3.8) is 0 Å². The van der Waals surface area contributed by atoms with Crippen molar-refractivity contribution in [2.24, 2.45) is 0 Å². The number of thiazole rings is 1. The molecule has 0 N–H and O–H groups in total. The van der Waals surface area contributed by atoms with Crippen LogP contribution in [-0.2, 0) is 22.5 Å². The van der Waals surface area contributed by atoms with Crippen LogP contribution in [0.2, 0.25) is 0 Å². The minimum Gasteiger partial charge on any atom is -0.464 e. The van der Waals surface area contributed by atoms with Gasteiger partial charge in [0.15, 0.2) is 5.69 Å². The lowest BCUT2D eigenvalue weighted by Gasteiger charge is -2.20. The number of carbonyl (C=O) groups is 2. The van der Waals surface area contributed by atoms with E-state index in [1.165, 1.54) is 18.4 Å². The van der Waals surface area contributed by atoms with E-state index in [-0.39, 0.29) is 5.91 Å². The van der Waals surface area contributed by atoms with E-state index >= 15 is 0 Å². The Morgan fingerprint density at radius 3 is 2.82 bits per heavy atom. The lowest BCUT2D eigenvalue weighted by Crippen LogP contribution is -2.32. The monoisotopic (exact) mass is 338 g/mol. The first kappa shape index (κ1) is 16.6. The molecule has 0 spiro atoms. The second-order valence-corrected chi connectivity index (χ2v) is 6.66. The number of rotatable bonds is 7. The molecule has 22 heavy (non-hydrogen) atoms. The van der Waals surface area contributed by atoms with Crippen LogP contribution in [0.5, 0.6) is 0 Å². The number of hydrogen-bond donors (Lipinski definition) is 0. The summed E-state index contributed by atoms with van der Waals surface area (Å²) in [4.78, 5) is 30.9. The normalized spacial score (nSPS) is 10.5. The first-order valence-electron chi connectivity index (χ1n) is 6.97. The molecule has 0 aliphatic carbocycles. The van der Waals surface area contributed by atoms with Gasteiger partial charge in [-0.3, -0.25) is 4.79 Å². The van der Waals surface area contributed by atoms with E-state index in [1.54, 1.807) is 21.6 Å². The van der Waals surface area contributed by atoms with E-state index in [9.17, 15) is 9.59 Å². The highest BCUT2D eigenvalue weighted by molar-refractivity contribution is 7.10. The van der Waals surface area contributed by atoms with Crippen LogP contribution in [0.15, 0.2) is 22.9 Å². The fourth-order valence-electron chi connectivity index (χ4n) is 1.98. The Kier molecular flexibility index (Phi) is 6.09. The van der Waals surface area contributed by atoms with Gasteiger partial charge in [-0.1, -0.05) is 13.0 Å². The summed E-state index contributed by atoms with van der Waals surface area (Å²) >= 11 is 2.95. The number of amides is 1. The molecule has 0 aliphatic heterocycles. The average Bonchev–Trinajstić information content (AvgIpc) is 3.17. The van der Waals surface area contributed by atoms with Crippen LogP contribution >= 0.6 is 22.7 Å². The standard InChI is InChI=1S/C15H18N2O3S2/c1-3-6-17(14(18)8-11-5-4-7-21-11)9-13-16-12(10-22-13)15(19)20-2/h4-5,7,10H,3,6,8-9H2,1-2H3. The summed E-state index contributed by atoms with van der Waals surface area (Å²) in [5.74, 6) is -0.367. The topological polar surface area (TPSA) is 59.5 Å². The molecule has 0 fully saturated rings. The van der Waals surface area contributed by atoms with Gasteiger partial charge in [0.25, 0.3) is 0 Å². The van der Waals surface area contributed by atoms with Gasteiger partial charge in [-0.05, 0) is 17.9 Å². The van der Waals surface area contributed by atoms with E-state index in [0.717, 1.165) is 16.3 Å². The SMILES string of the molecule is CCCN(Cc1nc(C(=O)OC)cs1)C(=O)Cc1cccs1. The van der Waals surface area contributed by atoms with Crippen molar-refractivity contribution >= 4 is 34.6 Å². The Labute approximate surface area is 137 Å². The lowest BCUT2D eigenvalue weighted by molar-refractivity contribution is -0.131. The van der Waals surface area contributed by atoms with Crippen LogP contribution < -0.4 is 0 Å². The van der Waals surface area contributed by atoms with Crippen molar-refractivity contribution in [1.29, 1.82) is 0 Å². The molecule has 2 rings (SSSR count). The van der Waals surface area contributed by atoms with Crippen LogP contribution in [0.1, 0.15) is 33.7 Å². The smallest absolute Gasteiger partial charge is 0.357 e. The van der Waals surface area contributed by atoms with Crippen molar-refractivity contribution in [2.45, 2.75) is 26.3 Å². The number of hydrogen-bond acceptors (Lipinski definition) is 6. The van der Waals surface area contributed by atoms with Crippen molar-refractivity contribution in [3.8, 4) is 0 Å². The number of esters is 1. The first-order chi connectivity index (χ1) is 10.6. The highest BCUT2D eigenvalue weighted by Gasteiger charge is 2.17. The highest BCUT2D eigenvalue weighted by Crippen LogP contribution is 2.16. The Hall–Kier alpha value is -1.73. The Balaban J connectivity index is 2.03. The minimum absolute atomic E-state index is 0.0825. The molecule has 5 nitrogen and oxygen atoms in total. The lowest BCUT2D eigenvalue weighted by atomic mass is 10.3. The third-order valence-electron chi connectivity index (χ3n) is 3.02. The number of methoxy groups -OCH3 is 1. The molecular formula is C15H18N2O3S2. The van der Waals surface area contributed by atoms with Crippen molar-refractivity contribution < 1.29 is 14.3 Å². The van der Waals surface area contributed by atoms with Gasteiger partial charge in [0, 0.05) is 16.8 Å². The second-order valence-electron chi connectivity index (χ2n) is 4.69. The molecule has 0 aliphatic rings. The summed E-state index contributed by atoms with van der Waals surface area (Å²) < 4.78 is 4.65. The van der Waals surface area contributed by atoms with Gasteiger partial charge in [0.2, 0.25) is 5.91 Å². The zero-order chi connectivity index (χ0) is 15.9. The molecule has 0 unspecified atom stereocenters. The number of carbonyl (C=O) groups excluding carboxylic acids is 2. The quantitative estimate of drug-likeness (QED) is 0.728. The summed E-state index contributed by atoms with van der Waals surface area (Å²) in [6.07, 6.45) is 1.29. The molecule has 0 radical (unpaired) electrons. The summed E-state index contributed by atoms with van der Waals surface area (Å²) in [6, 6.07) is 3.91. The zero-order valence-corrected chi connectivity index (χ0v) is 14.2. The molecule has 2 aromatic rings. The minimum atomic E-state index is -0.450. The summed E-state index contributed by atoms with van der Waals surface area (Å²) in [5, 5.41) is 4.37. The molecule has 2 heterocycles. The third-order valence-corrected chi connectivity index (χ3v) is 4.73. The maximum absolute atomic E-state index is 12.4. The summed E-state index contributed by atoms with van der Waals surface area (Å²) in [5.41, 5.74) is 0.296. The molecule has 118 valence electrons. The second kappa shape index (κ2) is 8.05. The van der Waals surface area contributed by atoms with E-state index < -0.39 is 5.97 Å². The molecule has 2 aromatic heterocycles. The van der Waals surface area contributed by atoms with E-state index in [2.05, 4.69) is 9.72 Å². The fraction of sp³-hybridized carbons (Fsp3) is 0.400. The van der Waals surface area contributed by atoms with Gasteiger partial charge in [-0.2, -0.15) is 0 Å². The molecular weight excluding hydrogens is 320 g/mol. The molecule has 0 saturated carbocycles. The number of thiophene rings is 1. The van der Waals surface area contributed by atoms with Crippen molar-refractivity contribution in [3.05, 3.63) is 38.5 Å². The van der Waals surface area contributed by atoms with Crippen molar-refractivity contribution in [2.75, 3.05) is 13.7 Å². The van der Waals surface area contributed by atoms with Gasteiger partial charge in [0.1, 0.15) is 5.01 Å². The van der Waals surface area contributed by atoms with Crippen LogP contribution in [0, 0.1) is 0 Å². The Morgan fingerprint density at radius 1 is 1.36 bits per heavy atom. The van der Waals surface area contributed by atoms with Crippen molar-refractivity contribution in [1.82, 2.24) is 9.88 Å². The van der Waals surface area contributed by atoms with Crippen LogP contribution in [0.3, 0.4) is 0 Å². The number of nitrogens with zero attached hydrogens (tertiary/aromatic N) is 2. The number of ether oxygens (including phenoxy) is 1. The molecule has 0 saturated heterocycles. The van der Waals surface area contributed by atoms with E-state index in [4.69, 9.17) is 0 Å². The molecule has 0 bridgehead atoms. The van der Waals surface area contributed by atoms with Crippen LogP contribution in [0.4, 0.5) is 0 Å². The maximum atomic E-state index is 12.4. The molecule has 0 atom stereocenters. The molecule has 0 aromatic carbocycles. The average molecular weight is 338 g/mol. The first-order valence-corrected chi connectivity index (χ1v) is 8.72. The predicted molar refractivity (Wildman–Crippen MR) is 87.2 cm³/mol. The summed E-state index contributed by atoms with van der Waals surface area (Å²) in [6.45, 7) is 3.14. The Morgan fingerprint density at radius 2 is 2.18 bits per heavy atom. The van der Waals surface area contributed by atoms with Gasteiger partial charge >= 0.3 is 5.97 Å². The fourth-order valence-corrected chi connectivity index (χ4v) is 3.45. The predicted octanol–water partition coefficient (Wildman–Crippen LogP) is 2.97. The van der Waals surface area contributed by atoms with Crippen LogP contribution in [-0.4, -0.2) is 35.4 Å². The van der Waals surface area contributed by atoms with Crippen LogP contribution in [0.25, 0.3) is 0 Å². The van der Waals surface area contributed by atoms with E-state index in [0.29, 0.717) is 25.2 Å². The van der Waals surface area contributed by atoms with Gasteiger partial charge in [-0.15, -0.1) is 22.7 Å². The largest absolute Gasteiger partial charge is 0.464 e. The van der Waals surface area contributed by atoms with Gasteiger partial charge < -0.3 is 9.64 Å². The maximum Gasteiger partial charge on any atom is 0.357 e. The van der Waals surface area contributed by atoms with E-state index in [1.807, 2.05) is 24.4 Å². The van der Waals surface area contributed by atoms with Gasteiger partial charge in [-0.25, -0.2) is 9.78 Å². The number of aromatic nitrogens is 1. The molecule has 7 heteroatoms. The molecule has 1 amide bonds. The summed E-state index contributed by atoms with van der Waals surface area (Å²) in [7, 11) is 1.33. The zero-order valence-electron chi connectivity index (χ0n) is 12.6. The third kappa shape index (κ3) is 4.38. The Bertz CT molecular complexity index is 623.